The molecule has 1 fully saturated rings. The van der Waals surface area contributed by atoms with Crippen LogP contribution < -0.4 is 0 Å². The molecule has 1 aliphatic carbocycles. The first-order chi connectivity index (χ1) is 8.25. The zero-order chi connectivity index (χ0) is 11.8. The molecule has 5 heteroatoms. The number of benzene rings is 1. The van der Waals surface area contributed by atoms with Crippen molar-refractivity contribution in [1.82, 2.24) is 9.97 Å². The first-order valence-corrected chi connectivity index (χ1v) is 5.89. The molecule has 1 saturated carbocycles. The summed E-state index contributed by atoms with van der Waals surface area (Å²) in [6.07, 6.45) is 4.72. The molecule has 0 atom stereocenters. The molecule has 1 aromatic heterocycles. The normalized spacial score (nSPS) is 16.7. The van der Waals surface area contributed by atoms with Gasteiger partial charge in [0.25, 0.3) is 5.69 Å². The average Bonchev–Trinajstić information content (AvgIpc) is 2.96. The lowest BCUT2D eigenvalue weighted by Gasteiger charge is -2.02. The van der Waals surface area contributed by atoms with Crippen molar-refractivity contribution in [2.24, 2.45) is 0 Å². The summed E-state index contributed by atoms with van der Waals surface area (Å²) in [6, 6.07) is 5.03. The highest BCUT2D eigenvalue weighted by molar-refractivity contribution is 5.84. The lowest BCUT2D eigenvalue weighted by Crippen LogP contribution is -1.94. The number of nitrogens with zero attached hydrogens (tertiary/aromatic N) is 2. The van der Waals surface area contributed by atoms with E-state index in [1.165, 1.54) is 18.9 Å². The number of nitrogens with one attached hydrogen (secondary N) is 1. The van der Waals surface area contributed by atoms with Crippen LogP contribution >= 0.6 is 0 Å². The van der Waals surface area contributed by atoms with Gasteiger partial charge in [-0.15, -0.1) is 0 Å². The molecular weight excluding hydrogens is 218 g/mol. The quantitative estimate of drug-likeness (QED) is 0.637. The van der Waals surface area contributed by atoms with Gasteiger partial charge in [-0.3, -0.25) is 10.1 Å². The number of imidazole rings is 1. The van der Waals surface area contributed by atoms with E-state index < -0.39 is 0 Å². The van der Waals surface area contributed by atoms with Gasteiger partial charge in [0.15, 0.2) is 5.52 Å². The molecule has 1 aliphatic rings. The fourth-order valence-corrected chi connectivity index (χ4v) is 2.58. The fraction of sp³-hybridized carbons (Fsp3) is 0.417. The molecule has 3 rings (SSSR count). The van der Waals surface area contributed by atoms with Gasteiger partial charge < -0.3 is 4.98 Å². The Kier molecular flexibility index (Phi) is 2.31. The summed E-state index contributed by atoms with van der Waals surface area (Å²) in [4.78, 5) is 18.2. The monoisotopic (exact) mass is 231 g/mol. The Hall–Kier alpha value is -1.91. The average molecular weight is 231 g/mol. The fourth-order valence-electron chi connectivity index (χ4n) is 2.58. The van der Waals surface area contributed by atoms with Crippen LogP contribution in [0.1, 0.15) is 37.4 Å². The molecule has 88 valence electrons. The third kappa shape index (κ3) is 1.67. The third-order valence-electron chi connectivity index (χ3n) is 3.45. The minimum Gasteiger partial charge on any atom is -0.342 e. The van der Waals surface area contributed by atoms with Crippen LogP contribution in [0.2, 0.25) is 0 Å². The van der Waals surface area contributed by atoms with Crippen molar-refractivity contribution in [2.45, 2.75) is 31.6 Å². The smallest absolute Gasteiger partial charge is 0.297 e. The number of H-pyrrole nitrogens is 1. The molecule has 0 aliphatic heterocycles. The molecule has 0 unspecified atom stereocenters. The topological polar surface area (TPSA) is 71.8 Å². The summed E-state index contributed by atoms with van der Waals surface area (Å²) in [6.45, 7) is 0. The van der Waals surface area contributed by atoms with Crippen LogP contribution in [0.4, 0.5) is 5.69 Å². The van der Waals surface area contributed by atoms with Gasteiger partial charge in [0.05, 0.1) is 10.4 Å². The highest BCUT2D eigenvalue weighted by Gasteiger charge is 2.22. The molecule has 1 aromatic carbocycles. The summed E-state index contributed by atoms with van der Waals surface area (Å²) >= 11 is 0. The molecule has 0 radical (unpaired) electrons. The van der Waals surface area contributed by atoms with E-state index in [-0.39, 0.29) is 10.6 Å². The number of aromatic amines is 1. The molecule has 0 spiro atoms. The zero-order valence-corrected chi connectivity index (χ0v) is 9.35. The van der Waals surface area contributed by atoms with Crippen molar-refractivity contribution in [3.05, 3.63) is 34.1 Å². The standard InChI is InChI=1S/C12H13N3O2/c16-15(17)10-7-3-6-9-11(10)14-12(13-9)8-4-1-2-5-8/h3,6-8H,1-2,4-5H2,(H,13,14). The minimum absolute atomic E-state index is 0.0861. The van der Waals surface area contributed by atoms with Gasteiger partial charge in [-0.1, -0.05) is 18.9 Å². The maximum atomic E-state index is 10.9. The second kappa shape index (κ2) is 3.84. The molecule has 0 bridgehead atoms. The third-order valence-corrected chi connectivity index (χ3v) is 3.45. The number of non-ortho nitro benzene ring substituents is 1. The molecule has 0 saturated heterocycles. The van der Waals surface area contributed by atoms with Gasteiger partial charge in [0.1, 0.15) is 5.82 Å². The number of hydrogen-bond donors (Lipinski definition) is 1. The summed E-state index contributed by atoms with van der Waals surface area (Å²) in [7, 11) is 0. The first kappa shape index (κ1) is 10.3. The SMILES string of the molecule is O=[N+]([O-])c1cccc2[nH]c(C3CCCC3)nc12. The number of rotatable bonds is 2. The number of fused-ring (bicyclic) bond motifs is 1. The summed E-state index contributed by atoms with van der Waals surface area (Å²) < 4.78 is 0. The number of nitro groups is 1. The van der Waals surface area contributed by atoms with Gasteiger partial charge in [-0.05, 0) is 18.9 Å². The Bertz CT molecular complexity index is 570. The maximum Gasteiger partial charge on any atom is 0.297 e. The zero-order valence-electron chi connectivity index (χ0n) is 9.35. The van der Waals surface area contributed by atoms with Crippen molar-refractivity contribution in [1.29, 1.82) is 0 Å². The molecule has 2 aromatic rings. The van der Waals surface area contributed by atoms with Gasteiger partial charge in [0.2, 0.25) is 0 Å². The molecule has 5 nitrogen and oxygen atoms in total. The largest absolute Gasteiger partial charge is 0.342 e. The van der Waals surface area contributed by atoms with E-state index >= 15 is 0 Å². The highest BCUT2D eigenvalue weighted by atomic mass is 16.6. The lowest BCUT2D eigenvalue weighted by atomic mass is 10.1. The molecular formula is C12H13N3O2. The molecule has 1 heterocycles. The van der Waals surface area contributed by atoms with E-state index in [1.807, 2.05) is 6.07 Å². The van der Waals surface area contributed by atoms with Crippen LogP contribution in [-0.4, -0.2) is 14.9 Å². The summed E-state index contributed by atoms with van der Waals surface area (Å²) in [5, 5.41) is 10.9. The van der Waals surface area contributed by atoms with E-state index in [4.69, 9.17) is 0 Å². The van der Waals surface area contributed by atoms with Crippen molar-refractivity contribution in [3.8, 4) is 0 Å². The maximum absolute atomic E-state index is 10.9. The lowest BCUT2D eigenvalue weighted by molar-refractivity contribution is -0.383. The van der Waals surface area contributed by atoms with Crippen LogP contribution in [0.3, 0.4) is 0 Å². The van der Waals surface area contributed by atoms with Gasteiger partial charge in [0, 0.05) is 12.0 Å². The first-order valence-electron chi connectivity index (χ1n) is 5.89. The Balaban J connectivity index is 2.11. The van der Waals surface area contributed by atoms with Crippen LogP contribution in [0.15, 0.2) is 18.2 Å². The Morgan fingerprint density at radius 2 is 2.12 bits per heavy atom. The second-order valence-electron chi connectivity index (χ2n) is 4.53. The predicted octanol–water partition coefficient (Wildman–Crippen LogP) is 3.13. The number of para-hydroxylation sites is 1. The van der Waals surface area contributed by atoms with Crippen LogP contribution in [0.25, 0.3) is 11.0 Å². The van der Waals surface area contributed by atoms with Crippen LogP contribution in [0.5, 0.6) is 0 Å². The number of nitro benzene ring substituents is 1. The van der Waals surface area contributed by atoms with Crippen LogP contribution in [0, 0.1) is 10.1 Å². The van der Waals surface area contributed by atoms with Gasteiger partial charge in [-0.25, -0.2) is 4.98 Å². The van der Waals surface area contributed by atoms with E-state index in [9.17, 15) is 10.1 Å². The van der Waals surface area contributed by atoms with E-state index in [1.54, 1.807) is 6.07 Å². The Morgan fingerprint density at radius 1 is 1.35 bits per heavy atom. The number of aromatic nitrogens is 2. The minimum atomic E-state index is -0.373. The Labute approximate surface area is 98.0 Å². The molecule has 1 N–H and O–H groups in total. The van der Waals surface area contributed by atoms with Crippen molar-refractivity contribution in [2.75, 3.05) is 0 Å². The van der Waals surface area contributed by atoms with E-state index in [0.29, 0.717) is 11.4 Å². The van der Waals surface area contributed by atoms with Crippen LogP contribution in [-0.2, 0) is 0 Å². The van der Waals surface area contributed by atoms with Crippen molar-refractivity contribution in [3.63, 3.8) is 0 Å². The highest BCUT2D eigenvalue weighted by Crippen LogP contribution is 2.34. The van der Waals surface area contributed by atoms with Crippen molar-refractivity contribution >= 4 is 16.7 Å². The van der Waals surface area contributed by atoms with Crippen molar-refractivity contribution < 1.29 is 4.92 Å². The van der Waals surface area contributed by atoms with Gasteiger partial charge in [-0.2, -0.15) is 0 Å². The summed E-state index contributed by atoms with van der Waals surface area (Å²) in [5.41, 5.74) is 1.34. The molecule has 17 heavy (non-hydrogen) atoms. The van der Waals surface area contributed by atoms with Gasteiger partial charge >= 0.3 is 0 Å². The summed E-state index contributed by atoms with van der Waals surface area (Å²) in [5.74, 6) is 1.36. The Morgan fingerprint density at radius 3 is 2.82 bits per heavy atom. The second-order valence-corrected chi connectivity index (χ2v) is 4.53. The van der Waals surface area contributed by atoms with E-state index in [0.717, 1.165) is 24.2 Å². The van der Waals surface area contributed by atoms with E-state index in [2.05, 4.69) is 9.97 Å². The molecule has 0 amide bonds. The number of hydrogen-bond acceptors (Lipinski definition) is 3. The predicted molar refractivity (Wildman–Crippen MR) is 64.0 cm³/mol.